The quantitative estimate of drug-likeness (QED) is 0.677. The molecule has 0 aliphatic heterocycles. The molecule has 0 heterocycles. The third-order valence-electron chi connectivity index (χ3n) is 2.23. The molecule has 5 heteroatoms. The minimum Gasteiger partial charge on any atom is -0.496 e. The number of benzene rings is 1. The molecule has 20 heavy (non-hydrogen) atoms. The summed E-state index contributed by atoms with van der Waals surface area (Å²) in [6, 6.07) is 5.10. The van der Waals surface area contributed by atoms with E-state index in [2.05, 4.69) is 5.32 Å². The van der Waals surface area contributed by atoms with E-state index in [1.54, 1.807) is 45.0 Å². The minimum absolute atomic E-state index is 0.534. The molecular formula is C15H19NO4. The zero-order chi connectivity index (χ0) is 15.2. The van der Waals surface area contributed by atoms with Gasteiger partial charge in [0, 0.05) is 11.3 Å². The Hall–Kier alpha value is -2.30. The van der Waals surface area contributed by atoms with Gasteiger partial charge in [-0.3, -0.25) is 10.1 Å². The molecule has 0 fully saturated rings. The maximum absolute atomic E-state index is 11.7. The number of methoxy groups -OCH3 is 1. The average molecular weight is 277 g/mol. The van der Waals surface area contributed by atoms with Gasteiger partial charge in [-0.25, -0.2) is 4.79 Å². The fourth-order valence-corrected chi connectivity index (χ4v) is 1.51. The summed E-state index contributed by atoms with van der Waals surface area (Å²) >= 11 is 0. The Morgan fingerprint density at radius 3 is 2.55 bits per heavy atom. The van der Waals surface area contributed by atoms with Crippen molar-refractivity contribution in [2.75, 3.05) is 12.4 Å². The highest BCUT2D eigenvalue weighted by molar-refractivity contribution is 5.86. The second kappa shape index (κ2) is 6.75. The highest BCUT2D eigenvalue weighted by Crippen LogP contribution is 2.24. The van der Waals surface area contributed by atoms with E-state index in [0.29, 0.717) is 23.3 Å². The average Bonchev–Trinajstić information content (AvgIpc) is 2.34. The summed E-state index contributed by atoms with van der Waals surface area (Å²) < 4.78 is 10.3. The van der Waals surface area contributed by atoms with Gasteiger partial charge in [-0.05, 0) is 51.1 Å². The Balaban J connectivity index is 2.89. The lowest BCUT2D eigenvalue weighted by molar-refractivity contribution is -0.104. The third-order valence-corrected chi connectivity index (χ3v) is 2.23. The number of amides is 1. The highest BCUT2D eigenvalue weighted by Gasteiger charge is 2.16. The molecule has 0 aromatic heterocycles. The van der Waals surface area contributed by atoms with Crippen LogP contribution in [-0.4, -0.2) is 25.1 Å². The molecular weight excluding hydrogens is 258 g/mol. The SMILES string of the molecule is COc1ccc(NC(=O)OC(C)(C)C)cc1/C=C/C=O. The summed E-state index contributed by atoms with van der Waals surface area (Å²) in [5.74, 6) is 0.609. The molecule has 1 aromatic carbocycles. The molecule has 0 saturated carbocycles. The molecule has 0 unspecified atom stereocenters. The van der Waals surface area contributed by atoms with Crippen LogP contribution in [0.15, 0.2) is 24.3 Å². The standard InChI is InChI=1S/C15H19NO4/c1-15(2,3)20-14(18)16-12-7-8-13(19-4)11(10-12)6-5-9-17/h5-10H,1-4H3,(H,16,18)/b6-5+. The molecule has 0 atom stereocenters. The van der Waals surface area contributed by atoms with Crippen molar-refractivity contribution in [1.29, 1.82) is 0 Å². The van der Waals surface area contributed by atoms with Crippen LogP contribution in [0.25, 0.3) is 6.08 Å². The van der Waals surface area contributed by atoms with E-state index >= 15 is 0 Å². The molecule has 5 nitrogen and oxygen atoms in total. The summed E-state index contributed by atoms with van der Waals surface area (Å²) in [4.78, 5) is 22.0. The first kappa shape index (κ1) is 15.8. The number of carbonyl (C=O) groups excluding carboxylic acids is 2. The van der Waals surface area contributed by atoms with Crippen LogP contribution in [0.1, 0.15) is 26.3 Å². The van der Waals surface area contributed by atoms with Gasteiger partial charge in [-0.2, -0.15) is 0 Å². The normalized spacial score (nSPS) is 11.2. The Labute approximate surface area is 118 Å². The van der Waals surface area contributed by atoms with Crippen LogP contribution in [0.4, 0.5) is 10.5 Å². The number of anilines is 1. The summed E-state index contributed by atoms with van der Waals surface area (Å²) in [5, 5.41) is 2.63. The van der Waals surface area contributed by atoms with Gasteiger partial charge in [0.1, 0.15) is 17.6 Å². The molecule has 0 bridgehead atoms. The second-order valence-corrected chi connectivity index (χ2v) is 5.08. The molecule has 1 aromatic rings. The van der Waals surface area contributed by atoms with Crippen molar-refractivity contribution in [1.82, 2.24) is 0 Å². The van der Waals surface area contributed by atoms with E-state index in [9.17, 15) is 9.59 Å². The van der Waals surface area contributed by atoms with Gasteiger partial charge < -0.3 is 9.47 Å². The van der Waals surface area contributed by atoms with Gasteiger partial charge in [0.2, 0.25) is 0 Å². The number of hydrogen-bond acceptors (Lipinski definition) is 4. The number of ether oxygens (including phenoxy) is 2. The monoisotopic (exact) mass is 277 g/mol. The predicted octanol–water partition coefficient (Wildman–Crippen LogP) is 3.25. The molecule has 0 saturated heterocycles. The van der Waals surface area contributed by atoms with Crippen LogP contribution in [0, 0.1) is 0 Å². The first-order chi connectivity index (χ1) is 9.35. The van der Waals surface area contributed by atoms with Crippen molar-refractivity contribution < 1.29 is 19.1 Å². The van der Waals surface area contributed by atoms with Gasteiger partial charge in [-0.1, -0.05) is 0 Å². The number of aldehydes is 1. The minimum atomic E-state index is -0.559. The highest BCUT2D eigenvalue weighted by atomic mass is 16.6. The van der Waals surface area contributed by atoms with E-state index < -0.39 is 11.7 Å². The molecule has 0 aliphatic carbocycles. The maximum Gasteiger partial charge on any atom is 0.412 e. The molecule has 1 amide bonds. The van der Waals surface area contributed by atoms with E-state index in [0.717, 1.165) is 0 Å². The zero-order valence-corrected chi connectivity index (χ0v) is 12.1. The van der Waals surface area contributed by atoms with Gasteiger partial charge in [-0.15, -0.1) is 0 Å². The van der Waals surface area contributed by atoms with E-state index in [-0.39, 0.29) is 0 Å². The van der Waals surface area contributed by atoms with Crippen LogP contribution in [0.2, 0.25) is 0 Å². The second-order valence-electron chi connectivity index (χ2n) is 5.08. The topological polar surface area (TPSA) is 64.6 Å². The van der Waals surface area contributed by atoms with Gasteiger partial charge in [0.25, 0.3) is 0 Å². The maximum atomic E-state index is 11.7. The fraction of sp³-hybridized carbons (Fsp3) is 0.333. The Morgan fingerprint density at radius 2 is 2.00 bits per heavy atom. The number of rotatable bonds is 4. The molecule has 1 N–H and O–H groups in total. The van der Waals surface area contributed by atoms with Crippen LogP contribution < -0.4 is 10.1 Å². The lowest BCUT2D eigenvalue weighted by Gasteiger charge is -2.19. The van der Waals surface area contributed by atoms with E-state index in [1.165, 1.54) is 13.2 Å². The summed E-state index contributed by atoms with van der Waals surface area (Å²) in [7, 11) is 1.54. The van der Waals surface area contributed by atoms with E-state index in [4.69, 9.17) is 9.47 Å². The van der Waals surface area contributed by atoms with Crippen LogP contribution in [0.5, 0.6) is 5.75 Å². The Bertz CT molecular complexity index is 515. The number of allylic oxidation sites excluding steroid dienone is 1. The summed E-state index contributed by atoms with van der Waals surface area (Å²) in [6.45, 7) is 5.37. The van der Waals surface area contributed by atoms with E-state index in [1.807, 2.05) is 0 Å². The lowest BCUT2D eigenvalue weighted by Crippen LogP contribution is -2.27. The first-order valence-corrected chi connectivity index (χ1v) is 6.15. The number of hydrogen-bond donors (Lipinski definition) is 1. The van der Waals surface area contributed by atoms with Crippen LogP contribution in [-0.2, 0) is 9.53 Å². The van der Waals surface area contributed by atoms with Crippen molar-refractivity contribution in [2.24, 2.45) is 0 Å². The number of carbonyl (C=O) groups is 2. The third kappa shape index (κ3) is 5.14. The Kier molecular flexibility index (Phi) is 5.32. The largest absolute Gasteiger partial charge is 0.496 e. The smallest absolute Gasteiger partial charge is 0.412 e. The van der Waals surface area contributed by atoms with Crippen LogP contribution in [0.3, 0.4) is 0 Å². The van der Waals surface area contributed by atoms with Gasteiger partial charge >= 0.3 is 6.09 Å². The van der Waals surface area contributed by atoms with Crippen molar-refractivity contribution in [3.63, 3.8) is 0 Å². The van der Waals surface area contributed by atoms with Crippen LogP contribution >= 0.6 is 0 Å². The van der Waals surface area contributed by atoms with Gasteiger partial charge in [0.05, 0.1) is 7.11 Å². The number of nitrogens with one attached hydrogen (secondary N) is 1. The lowest BCUT2D eigenvalue weighted by atomic mass is 10.1. The fourth-order valence-electron chi connectivity index (χ4n) is 1.51. The summed E-state index contributed by atoms with van der Waals surface area (Å²) in [6.07, 6.45) is 3.10. The molecule has 1 rings (SSSR count). The van der Waals surface area contributed by atoms with Crippen molar-refractivity contribution in [3.8, 4) is 5.75 Å². The first-order valence-electron chi connectivity index (χ1n) is 6.15. The van der Waals surface area contributed by atoms with Crippen molar-refractivity contribution >= 4 is 24.1 Å². The van der Waals surface area contributed by atoms with Gasteiger partial charge in [0.15, 0.2) is 0 Å². The molecule has 0 spiro atoms. The zero-order valence-electron chi connectivity index (χ0n) is 12.1. The predicted molar refractivity (Wildman–Crippen MR) is 77.9 cm³/mol. The molecule has 0 aliphatic rings. The van der Waals surface area contributed by atoms with Crippen molar-refractivity contribution in [3.05, 3.63) is 29.8 Å². The Morgan fingerprint density at radius 1 is 1.30 bits per heavy atom. The van der Waals surface area contributed by atoms with Crippen molar-refractivity contribution in [2.45, 2.75) is 26.4 Å². The molecule has 0 radical (unpaired) electrons. The molecule has 108 valence electrons. The summed E-state index contributed by atoms with van der Waals surface area (Å²) in [5.41, 5.74) is 0.690.